The number of ether oxygens (including phenoxy) is 1. The Morgan fingerprint density at radius 1 is 1.33 bits per heavy atom. The number of aromatic nitrogens is 2. The zero-order valence-electron chi connectivity index (χ0n) is 14.5. The minimum atomic E-state index is 0.357. The summed E-state index contributed by atoms with van der Waals surface area (Å²) in [5, 5.41) is 4.94. The fourth-order valence-electron chi connectivity index (χ4n) is 4.29. The van der Waals surface area contributed by atoms with E-state index in [1.54, 1.807) is 13.4 Å². The molecule has 0 bridgehead atoms. The van der Waals surface area contributed by atoms with Crippen LogP contribution in [0.1, 0.15) is 48.4 Å². The highest BCUT2D eigenvalue weighted by Crippen LogP contribution is 2.30. The second-order valence-electron chi connectivity index (χ2n) is 7.37. The zero-order chi connectivity index (χ0) is 16.4. The number of hydrogen-bond donors (Lipinski definition) is 0. The number of rotatable bonds is 6. The van der Waals surface area contributed by atoms with Crippen molar-refractivity contribution in [2.45, 2.75) is 51.2 Å². The molecular formula is C19H27N3O2. The number of fused-ring (bicyclic) bond motifs is 1. The highest BCUT2D eigenvalue weighted by molar-refractivity contribution is 5.25. The van der Waals surface area contributed by atoms with Crippen molar-refractivity contribution in [2.75, 3.05) is 20.3 Å². The van der Waals surface area contributed by atoms with Gasteiger partial charge in [-0.05, 0) is 24.8 Å². The van der Waals surface area contributed by atoms with Gasteiger partial charge in [0.25, 0.3) is 0 Å². The van der Waals surface area contributed by atoms with Gasteiger partial charge in [-0.3, -0.25) is 9.58 Å². The second kappa shape index (κ2) is 7.11. The van der Waals surface area contributed by atoms with Crippen LogP contribution in [0, 0.1) is 5.92 Å². The lowest BCUT2D eigenvalue weighted by atomic mass is 9.97. The molecule has 1 fully saturated rings. The highest BCUT2D eigenvalue weighted by Gasteiger charge is 2.29. The van der Waals surface area contributed by atoms with E-state index in [-0.39, 0.29) is 0 Å². The molecular weight excluding hydrogens is 302 g/mol. The van der Waals surface area contributed by atoms with Gasteiger partial charge in [0.1, 0.15) is 0 Å². The van der Waals surface area contributed by atoms with Gasteiger partial charge in [0.15, 0.2) is 0 Å². The molecule has 0 N–H and O–H groups in total. The highest BCUT2D eigenvalue weighted by atomic mass is 16.5. The lowest BCUT2D eigenvalue weighted by Crippen LogP contribution is -2.34. The van der Waals surface area contributed by atoms with Gasteiger partial charge in [-0.15, -0.1) is 0 Å². The Balaban J connectivity index is 1.50. The quantitative estimate of drug-likeness (QED) is 0.814. The first-order valence-electron chi connectivity index (χ1n) is 9.10. The molecule has 5 nitrogen and oxygen atoms in total. The molecule has 2 aromatic heterocycles. The maximum atomic E-state index is 5.47. The van der Waals surface area contributed by atoms with E-state index >= 15 is 0 Å². The van der Waals surface area contributed by atoms with Crippen LogP contribution in [0.3, 0.4) is 0 Å². The van der Waals surface area contributed by atoms with Crippen molar-refractivity contribution < 1.29 is 9.15 Å². The predicted octanol–water partition coefficient (Wildman–Crippen LogP) is 3.41. The van der Waals surface area contributed by atoms with E-state index in [0.717, 1.165) is 38.7 Å². The molecule has 1 aliphatic carbocycles. The molecule has 130 valence electrons. The lowest BCUT2D eigenvalue weighted by molar-refractivity contribution is 0.134. The zero-order valence-corrected chi connectivity index (χ0v) is 14.5. The first-order valence-corrected chi connectivity index (χ1v) is 9.10. The maximum Gasteiger partial charge on any atom is 0.0947 e. The third kappa shape index (κ3) is 3.42. The van der Waals surface area contributed by atoms with E-state index in [4.69, 9.17) is 14.3 Å². The molecule has 0 amide bonds. The molecule has 0 radical (unpaired) electrons. The standard InChI is InChI=1S/C19H27N3O2/c1-23-14-18-11-21(8-16-6-7-24-13-16)10-17-12-22(20-19(17)18)9-15-4-2-3-5-15/h6-7,12-13,15,18H,2-5,8-11,14H2,1H3/t18-/m1/s1. The Labute approximate surface area is 143 Å². The van der Waals surface area contributed by atoms with E-state index in [1.807, 2.05) is 12.3 Å². The summed E-state index contributed by atoms with van der Waals surface area (Å²) < 4.78 is 12.9. The maximum absolute atomic E-state index is 5.47. The summed E-state index contributed by atoms with van der Waals surface area (Å²) >= 11 is 0. The Morgan fingerprint density at radius 3 is 2.96 bits per heavy atom. The molecule has 1 aliphatic heterocycles. The Morgan fingerprint density at radius 2 is 2.21 bits per heavy atom. The molecule has 0 saturated heterocycles. The van der Waals surface area contributed by atoms with Crippen molar-refractivity contribution >= 4 is 0 Å². The molecule has 0 spiro atoms. The van der Waals surface area contributed by atoms with Crippen LogP contribution in [0.15, 0.2) is 29.2 Å². The summed E-state index contributed by atoms with van der Waals surface area (Å²) in [6, 6.07) is 2.05. The topological polar surface area (TPSA) is 43.4 Å². The average molecular weight is 329 g/mol. The molecule has 0 aromatic carbocycles. The summed E-state index contributed by atoms with van der Waals surface area (Å²) in [6.07, 6.45) is 11.4. The summed E-state index contributed by atoms with van der Waals surface area (Å²) in [6.45, 7) is 4.69. The molecule has 2 aliphatic rings. The molecule has 5 heteroatoms. The molecule has 4 rings (SSSR count). The van der Waals surface area contributed by atoms with Crippen LogP contribution in [0.5, 0.6) is 0 Å². The van der Waals surface area contributed by atoms with Crippen LogP contribution < -0.4 is 0 Å². The van der Waals surface area contributed by atoms with E-state index < -0.39 is 0 Å². The summed E-state index contributed by atoms with van der Waals surface area (Å²) in [5.41, 5.74) is 3.84. The van der Waals surface area contributed by atoms with Crippen LogP contribution in [-0.2, 0) is 24.4 Å². The third-order valence-electron chi connectivity index (χ3n) is 5.40. The van der Waals surface area contributed by atoms with Crippen molar-refractivity contribution in [3.8, 4) is 0 Å². The largest absolute Gasteiger partial charge is 0.472 e. The van der Waals surface area contributed by atoms with Crippen molar-refractivity contribution in [3.63, 3.8) is 0 Å². The van der Waals surface area contributed by atoms with E-state index in [1.165, 1.54) is 42.5 Å². The van der Waals surface area contributed by atoms with Gasteiger partial charge in [-0.2, -0.15) is 5.10 Å². The number of methoxy groups -OCH3 is 1. The normalized spacial score (nSPS) is 22.1. The number of hydrogen-bond acceptors (Lipinski definition) is 4. The predicted molar refractivity (Wildman–Crippen MR) is 91.6 cm³/mol. The minimum Gasteiger partial charge on any atom is -0.472 e. The van der Waals surface area contributed by atoms with E-state index in [0.29, 0.717) is 5.92 Å². The van der Waals surface area contributed by atoms with Gasteiger partial charge < -0.3 is 9.15 Å². The van der Waals surface area contributed by atoms with Crippen LogP contribution in [0.4, 0.5) is 0 Å². The van der Waals surface area contributed by atoms with Crippen molar-refractivity contribution in [1.82, 2.24) is 14.7 Å². The van der Waals surface area contributed by atoms with Crippen LogP contribution in [-0.4, -0.2) is 34.9 Å². The minimum absolute atomic E-state index is 0.357. The van der Waals surface area contributed by atoms with Gasteiger partial charge in [-0.25, -0.2) is 0 Å². The first-order chi connectivity index (χ1) is 11.8. The third-order valence-corrected chi connectivity index (χ3v) is 5.40. The summed E-state index contributed by atoms with van der Waals surface area (Å²) in [4.78, 5) is 2.47. The molecule has 3 heterocycles. The SMILES string of the molecule is COC[C@H]1CN(Cc2ccoc2)Cc2cn(CC3CCCC3)nc21. The number of nitrogens with zero attached hydrogens (tertiary/aromatic N) is 3. The lowest BCUT2D eigenvalue weighted by Gasteiger charge is -2.31. The Kier molecular flexibility index (Phi) is 4.72. The fraction of sp³-hybridized carbons (Fsp3) is 0.632. The van der Waals surface area contributed by atoms with Gasteiger partial charge in [0.2, 0.25) is 0 Å². The van der Waals surface area contributed by atoms with Gasteiger partial charge in [-0.1, -0.05) is 12.8 Å². The van der Waals surface area contributed by atoms with Gasteiger partial charge in [0.05, 0.1) is 24.8 Å². The summed E-state index contributed by atoms with van der Waals surface area (Å²) in [7, 11) is 1.78. The van der Waals surface area contributed by atoms with E-state index in [9.17, 15) is 0 Å². The first kappa shape index (κ1) is 15.9. The summed E-state index contributed by atoms with van der Waals surface area (Å²) in [5.74, 6) is 1.17. The van der Waals surface area contributed by atoms with Crippen molar-refractivity contribution in [2.24, 2.45) is 5.92 Å². The molecule has 2 aromatic rings. The monoisotopic (exact) mass is 329 g/mol. The van der Waals surface area contributed by atoms with Crippen molar-refractivity contribution in [1.29, 1.82) is 0 Å². The molecule has 0 unspecified atom stereocenters. The smallest absolute Gasteiger partial charge is 0.0947 e. The van der Waals surface area contributed by atoms with E-state index in [2.05, 4.69) is 15.8 Å². The Bertz CT molecular complexity index is 644. The average Bonchev–Trinajstić information content (AvgIpc) is 3.29. The van der Waals surface area contributed by atoms with Gasteiger partial charge in [0, 0.05) is 56.5 Å². The Hall–Kier alpha value is -1.59. The van der Waals surface area contributed by atoms with Crippen molar-refractivity contribution in [3.05, 3.63) is 41.6 Å². The second-order valence-corrected chi connectivity index (χ2v) is 7.37. The molecule has 1 saturated carbocycles. The van der Waals surface area contributed by atoms with Crippen LogP contribution >= 0.6 is 0 Å². The van der Waals surface area contributed by atoms with Crippen LogP contribution in [0.2, 0.25) is 0 Å². The number of furan rings is 1. The fourth-order valence-corrected chi connectivity index (χ4v) is 4.29. The van der Waals surface area contributed by atoms with Gasteiger partial charge >= 0.3 is 0 Å². The van der Waals surface area contributed by atoms with Crippen LogP contribution in [0.25, 0.3) is 0 Å². The molecule has 24 heavy (non-hydrogen) atoms. The molecule has 1 atom stereocenters.